The van der Waals surface area contributed by atoms with Crippen LogP contribution < -0.4 is 4.74 Å². The Hall–Kier alpha value is -2.09. The van der Waals surface area contributed by atoms with E-state index in [4.69, 9.17) is 4.74 Å². The number of aryl methyl sites for hydroxylation is 1. The first kappa shape index (κ1) is 11.4. The van der Waals surface area contributed by atoms with E-state index in [1.807, 2.05) is 31.2 Å². The van der Waals surface area contributed by atoms with E-state index >= 15 is 0 Å². The topological polar surface area (TPSA) is 26.3 Å². The van der Waals surface area contributed by atoms with Crippen LogP contribution in [0.15, 0.2) is 48.5 Å². The summed E-state index contributed by atoms with van der Waals surface area (Å²) in [6.45, 7) is 1.94. The van der Waals surface area contributed by atoms with Gasteiger partial charge in [-0.15, -0.1) is 0 Å². The number of benzene rings is 2. The molecule has 0 fully saturated rings. The molecule has 2 heteroatoms. The van der Waals surface area contributed by atoms with Crippen LogP contribution in [0, 0.1) is 6.92 Å². The highest BCUT2D eigenvalue weighted by molar-refractivity contribution is 6.09. The van der Waals surface area contributed by atoms with E-state index < -0.39 is 0 Å². The van der Waals surface area contributed by atoms with Crippen molar-refractivity contribution in [2.75, 3.05) is 7.11 Å². The van der Waals surface area contributed by atoms with E-state index in [9.17, 15) is 4.79 Å². The predicted molar refractivity (Wildman–Crippen MR) is 67.6 cm³/mol. The molecule has 0 heterocycles. The molecule has 0 N–H and O–H groups in total. The molecule has 0 unspecified atom stereocenters. The normalized spacial score (nSPS) is 10.0. The first-order valence-corrected chi connectivity index (χ1v) is 5.47. The van der Waals surface area contributed by atoms with Gasteiger partial charge < -0.3 is 4.74 Å². The predicted octanol–water partition coefficient (Wildman–Crippen LogP) is 3.23. The van der Waals surface area contributed by atoms with Gasteiger partial charge in [0, 0.05) is 11.1 Å². The molecule has 2 aromatic rings. The quantitative estimate of drug-likeness (QED) is 0.751. The largest absolute Gasteiger partial charge is 0.497 e. The average molecular weight is 226 g/mol. The first-order chi connectivity index (χ1) is 8.22. The second kappa shape index (κ2) is 4.83. The fourth-order valence-corrected chi connectivity index (χ4v) is 1.73. The highest BCUT2D eigenvalue weighted by atomic mass is 16.5. The Labute approximate surface area is 101 Å². The van der Waals surface area contributed by atoms with Gasteiger partial charge in [-0.3, -0.25) is 4.79 Å². The molecule has 2 nitrogen and oxygen atoms in total. The number of ketones is 1. The lowest BCUT2D eigenvalue weighted by Gasteiger charge is -2.05. The summed E-state index contributed by atoms with van der Waals surface area (Å²) in [5.74, 6) is 0.803. The summed E-state index contributed by atoms with van der Waals surface area (Å²) in [5.41, 5.74) is 2.42. The van der Waals surface area contributed by atoms with Gasteiger partial charge >= 0.3 is 0 Å². The zero-order chi connectivity index (χ0) is 12.3. The van der Waals surface area contributed by atoms with Gasteiger partial charge in [0.25, 0.3) is 0 Å². The zero-order valence-electron chi connectivity index (χ0n) is 9.94. The summed E-state index contributed by atoms with van der Waals surface area (Å²) >= 11 is 0. The van der Waals surface area contributed by atoms with Gasteiger partial charge in [-0.1, -0.05) is 24.3 Å². The van der Waals surface area contributed by atoms with Crippen molar-refractivity contribution < 1.29 is 9.53 Å². The summed E-state index contributed by atoms with van der Waals surface area (Å²) in [4.78, 5) is 12.2. The lowest BCUT2D eigenvalue weighted by Crippen LogP contribution is -2.03. The van der Waals surface area contributed by atoms with Crippen molar-refractivity contribution in [3.63, 3.8) is 0 Å². The summed E-state index contributed by atoms with van der Waals surface area (Å²) in [6.07, 6.45) is 0. The van der Waals surface area contributed by atoms with Crippen LogP contribution in [0.25, 0.3) is 0 Å². The van der Waals surface area contributed by atoms with Gasteiger partial charge in [-0.2, -0.15) is 0 Å². The SMILES string of the molecule is COc1ccc(C(=O)c2ccccc2C)cc1. The Bertz CT molecular complexity index is 527. The van der Waals surface area contributed by atoms with E-state index in [1.54, 1.807) is 31.4 Å². The Morgan fingerprint density at radius 2 is 1.65 bits per heavy atom. The summed E-state index contributed by atoms with van der Waals surface area (Å²) in [6, 6.07) is 14.8. The molecule has 0 amide bonds. The fourth-order valence-electron chi connectivity index (χ4n) is 1.73. The number of carbonyl (C=O) groups is 1. The molecule has 0 atom stereocenters. The van der Waals surface area contributed by atoms with Gasteiger partial charge in [0.1, 0.15) is 5.75 Å². The standard InChI is InChI=1S/C15H14O2/c1-11-5-3-4-6-14(11)15(16)12-7-9-13(17-2)10-8-12/h3-10H,1-2H3. The molecule has 0 aliphatic rings. The van der Waals surface area contributed by atoms with Crippen LogP contribution in [0.4, 0.5) is 0 Å². The molecule has 0 radical (unpaired) electrons. The Morgan fingerprint density at radius 1 is 1.00 bits per heavy atom. The van der Waals surface area contributed by atoms with E-state index in [0.29, 0.717) is 5.56 Å². The molecule has 86 valence electrons. The maximum Gasteiger partial charge on any atom is 0.193 e. The second-order valence-corrected chi connectivity index (χ2v) is 3.87. The average Bonchev–Trinajstić information content (AvgIpc) is 2.39. The van der Waals surface area contributed by atoms with E-state index in [1.165, 1.54) is 0 Å². The lowest BCUT2D eigenvalue weighted by atomic mass is 9.99. The maximum atomic E-state index is 12.2. The Balaban J connectivity index is 2.34. The molecular weight excluding hydrogens is 212 g/mol. The van der Waals surface area contributed by atoms with Crippen molar-refractivity contribution in [1.82, 2.24) is 0 Å². The first-order valence-electron chi connectivity index (χ1n) is 5.47. The minimum Gasteiger partial charge on any atom is -0.497 e. The van der Waals surface area contributed by atoms with Crippen LogP contribution in [-0.4, -0.2) is 12.9 Å². The van der Waals surface area contributed by atoms with Crippen molar-refractivity contribution in [1.29, 1.82) is 0 Å². The molecule has 2 aromatic carbocycles. The minimum atomic E-state index is 0.0470. The van der Waals surface area contributed by atoms with E-state index in [2.05, 4.69) is 0 Å². The van der Waals surface area contributed by atoms with Crippen LogP contribution in [0.2, 0.25) is 0 Å². The molecule has 2 rings (SSSR count). The molecule has 0 aromatic heterocycles. The van der Waals surface area contributed by atoms with Gasteiger partial charge in [0.05, 0.1) is 7.11 Å². The molecule has 0 aliphatic heterocycles. The Morgan fingerprint density at radius 3 is 2.24 bits per heavy atom. The van der Waals surface area contributed by atoms with Crippen molar-refractivity contribution in [3.05, 3.63) is 65.2 Å². The monoisotopic (exact) mass is 226 g/mol. The number of hydrogen-bond acceptors (Lipinski definition) is 2. The summed E-state index contributed by atoms with van der Waals surface area (Å²) in [5, 5.41) is 0. The lowest BCUT2D eigenvalue weighted by molar-refractivity contribution is 0.103. The van der Waals surface area contributed by atoms with Crippen LogP contribution in [0.1, 0.15) is 21.5 Å². The number of hydrogen-bond donors (Lipinski definition) is 0. The van der Waals surface area contributed by atoms with Crippen LogP contribution in [-0.2, 0) is 0 Å². The summed E-state index contributed by atoms with van der Waals surface area (Å²) < 4.78 is 5.07. The van der Waals surface area contributed by atoms with E-state index in [-0.39, 0.29) is 5.78 Å². The Kier molecular flexibility index (Phi) is 3.24. The number of methoxy groups -OCH3 is 1. The minimum absolute atomic E-state index is 0.0470. The summed E-state index contributed by atoms with van der Waals surface area (Å²) in [7, 11) is 1.61. The molecule has 0 saturated heterocycles. The third-order valence-corrected chi connectivity index (χ3v) is 2.74. The third-order valence-electron chi connectivity index (χ3n) is 2.74. The zero-order valence-corrected chi connectivity index (χ0v) is 9.94. The van der Waals surface area contributed by atoms with Crippen molar-refractivity contribution in [3.8, 4) is 5.75 Å². The molecule has 17 heavy (non-hydrogen) atoms. The molecule has 0 aliphatic carbocycles. The molecule has 0 saturated carbocycles. The van der Waals surface area contributed by atoms with Gasteiger partial charge in [0.2, 0.25) is 0 Å². The number of carbonyl (C=O) groups excluding carboxylic acids is 1. The van der Waals surface area contributed by atoms with Crippen LogP contribution >= 0.6 is 0 Å². The smallest absolute Gasteiger partial charge is 0.193 e. The van der Waals surface area contributed by atoms with E-state index in [0.717, 1.165) is 16.9 Å². The number of rotatable bonds is 3. The van der Waals surface area contributed by atoms with Crippen LogP contribution in [0.3, 0.4) is 0 Å². The van der Waals surface area contributed by atoms with Crippen molar-refractivity contribution in [2.24, 2.45) is 0 Å². The molecular formula is C15H14O2. The third kappa shape index (κ3) is 2.36. The van der Waals surface area contributed by atoms with Gasteiger partial charge in [-0.25, -0.2) is 0 Å². The highest BCUT2D eigenvalue weighted by Gasteiger charge is 2.10. The van der Waals surface area contributed by atoms with Crippen LogP contribution in [0.5, 0.6) is 5.75 Å². The van der Waals surface area contributed by atoms with Gasteiger partial charge in [-0.05, 0) is 36.8 Å². The molecule has 0 bridgehead atoms. The second-order valence-electron chi connectivity index (χ2n) is 3.87. The van der Waals surface area contributed by atoms with Gasteiger partial charge in [0.15, 0.2) is 5.78 Å². The van der Waals surface area contributed by atoms with Crippen molar-refractivity contribution >= 4 is 5.78 Å². The van der Waals surface area contributed by atoms with Crippen molar-refractivity contribution in [2.45, 2.75) is 6.92 Å². The molecule has 0 spiro atoms. The maximum absolute atomic E-state index is 12.2. The highest BCUT2D eigenvalue weighted by Crippen LogP contribution is 2.16. The fraction of sp³-hybridized carbons (Fsp3) is 0.133. The number of ether oxygens (including phenoxy) is 1.